The van der Waals surface area contributed by atoms with E-state index in [0.717, 1.165) is 37.2 Å². The Morgan fingerprint density at radius 3 is 3.00 bits per heavy atom. The summed E-state index contributed by atoms with van der Waals surface area (Å²) in [5, 5.41) is 10.4. The SMILES string of the molecule is CC[C@H](C)OC(=O)Cn1c(O)c(C=C2C=Nc3ccc(Br)cc32)sc1=O. The van der Waals surface area contributed by atoms with Gasteiger partial charge in [0, 0.05) is 21.8 Å². The Morgan fingerprint density at radius 1 is 1.50 bits per heavy atom. The Balaban J connectivity index is 1.88. The van der Waals surface area contributed by atoms with Gasteiger partial charge in [0.1, 0.15) is 6.54 Å². The second kappa shape index (κ2) is 7.59. The third kappa shape index (κ3) is 3.81. The van der Waals surface area contributed by atoms with E-state index in [1.807, 2.05) is 25.1 Å². The van der Waals surface area contributed by atoms with E-state index in [1.54, 1.807) is 19.2 Å². The van der Waals surface area contributed by atoms with Gasteiger partial charge in [0.2, 0.25) is 5.88 Å². The van der Waals surface area contributed by atoms with E-state index in [1.165, 1.54) is 0 Å². The number of nitrogens with zero attached hydrogens (tertiary/aromatic N) is 2. The molecule has 1 aliphatic heterocycles. The second-order valence-corrected chi connectivity index (χ2v) is 7.78. The number of thiazole rings is 1. The molecule has 1 aromatic heterocycles. The smallest absolute Gasteiger partial charge is 0.326 e. The van der Waals surface area contributed by atoms with Crippen LogP contribution in [0.25, 0.3) is 11.6 Å². The van der Waals surface area contributed by atoms with E-state index in [-0.39, 0.29) is 18.5 Å². The average molecular weight is 437 g/mol. The highest BCUT2D eigenvalue weighted by Crippen LogP contribution is 2.36. The van der Waals surface area contributed by atoms with Gasteiger partial charge in [-0.2, -0.15) is 0 Å². The van der Waals surface area contributed by atoms with Gasteiger partial charge in [-0.05, 0) is 37.6 Å². The van der Waals surface area contributed by atoms with Gasteiger partial charge in [-0.1, -0.05) is 34.2 Å². The van der Waals surface area contributed by atoms with Crippen LogP contribution in [0.2, 0.25) is 0 Å². The van der Waals surface area contributed by atoms with Crippen LogP contribution in [0.15, 0.2) is 32.5 Å². The zero-order chi connectivity index (χ0) is 18.8. The number of aromatic hydroxyl groups is 1. The fourth-order valence-corrected chi connectivity index (χ4v) is 3.64. The number of esters is 1. The maximum absolute atomic E-state index is 12.2. The number of benzene rings is 1. The van der Waals surface area contributed by atoms with Crippen molar-refractivity contribution in [2.75, 3.05) is 0 Å². The molecule has 0 aliphatic carbocycles. The van der Waals surface area contributed by atoms with Gasteiger partial charge >= 0.3 is 10.8 Å². The molecule has 136 valence electrons. The molecule has 1 aliphatic rings. The summed E-state index contributed by atoms with van der Waals surface area (Å²) in [6.07, 6.45) is 3.83. The number of carbonyl (C=O) groups excluding carboxylic acids is 1. The first-order valence-corrected chi connectivity index (χ1v) is 9.67. The minimum Gasteiger partial charge on any atom is -0.493 e. The Bertz CT molecular complexity index is 974. The van der Waals surface area contributed by atoms with Crippen LogP contribution in [0.5, 0.6) is 5.88 Å². The Morgan fingerprint density at radius 2 is 2.27 bits per heavy atom. The molecule has 6 nitrogen and oxygen atoms in total. The van der Waals surface area contributed by atoms with Crippen molar-refractivity contribution in [3.63, 3.8) is 0 Å². The van der Waals surface area contributed by atoms with Crippen LogP contribution < -0.4 is 4.87 Å². The largest absolute Gasteiger partial charge is 0.493 e. The fourth-order valence-electron chi connectivity index (χ4n) is 2.44. The number of allylic oxidation sites excluding steroid dienone is 1. The van der Waals surface area contributed by atoms with Crippen LogP contribution in [0.1, 0.15) is 30.7 Å². The van der Waals surface area contributed by atoms with Crippen molar-refractivity contribution in [1.29, 1.82) is 0 Å². The summed E-state index contributed by atoms with van der Waals surface area (Å²) in [5.41, 5.74) is 2.51. The number of hydrogen-bond donors (Lipinski definition) is 1. The summed E-state index contributed by atoms with van der Waals surface area (Å²) in [6, 6.07) is 5.71. The van der Waals surface area contributed by atoms with Gasteiger partial charge in [-0.25, -0.2) is 0 Å². The van der Waals surface area contributed by atoms with Gasteiger partial charge in [0.15, 0.2) is 0 Å². The van der Waals surface area contributed by atoms with Crippen molar-refractivity contribution in [3.05, 3.63) is 42.8 Å². The van der Waals surface area contributed by atoms with Crippen LogP contribution >= 0.6 is 27.3 Å². The molecular formula is C18H17BrN2O4S. The van der Waals surface area contributed by atoms with Crippen molar-refractivity contribution in [1.82, 2.24) is 4.57 Å². The van der Waals surface area contributed by atoms with Crippen LogP contribution in [0.4, 0.5) is 5.69 Å². The molecule has 8 heteroatoms. The van der Waals surface area contributed by atoms with Crippen LogP contribution in [-0.4, -0.2) is 28.0 Å². The lowest BCUT2D eigenvalue weighted by Gasteiger charge is -2.11. The molecule has 1 atom stereocenters. The maximum atomic E-state index is 12.2. The lowest BCUT2D eigenvalue weighted by atomic mass is 10.1. The zero-order valence-corrected chi connectivity index (χ0v) is 16.6. The molecule has 2 aromatic rings. The minimum absolute atomic E-state index is 0.231. The highest BCUT2D eigenvalue weighted by molar-refractivity contribution is 9.10. The summed E-state index contributed by atoms with van der Waals surface area (Å²) in [4.78, 5) is 28.4. The number of halogens is 1. The second-order valence-electron chi connectivity index (χ2n) is 5.87. The molecule has 0 spiro atoms. The first-order valence-electron chi connectivity index (χ1n) is 8.06. The monoisotopic (exact) mass is 436 g/mol. The number of fused-ring (bicyclic) bond motifs is 1. The number of aliphatic imine (C=N–C) groups is 1. The van der Waals surface area contributed by atoms with E-state index in [0.29, 0.717) is 11.3 Å². The van der Waals surface area contributed by atoms with Gasteiger partial charge in [0.05, 0.1) is 16.7 Å². The number of aromatic nitrogens is 1. The predicted octanol–water partition coefficient (Wildman–Crippen LogP) is 3.98. The van der Waals surface area contributed by atoms with Crippen LogP contribution in [0.3, 0.4) is 0 Å². The molecular weight excluding hydrogens is 420 g/mol. The maximum Gasteiger partial charge on any atom is 0.326 e. The van der Waals surface area contributed by atoms with E-state index in [2.05, 4.69) is 20.9 Å². The summed E-state index contributed by atoms with van der Waals surface area (Å²) in [7, 11) is 0. The van der Waals surface area contributed by atoms with Gasteiger partial charge in [0.25, 0.3) is 0 Å². The quantitative estimate of drug-likeness (QED) is 0.718. The van der Waals surface area contributed by atoms with E-state index in [4.69, 9.17) is 4.74 Å². The summed E-state index contributed by atoms with van der Waals surface area (Å²) in [5.74, 6) is -0.795. The number of ether oxygens (including phenoxy) is 1. The first kappa shape index (κ1) is 18.6. The number of rotatable bonds is 5. The molecule has 0 fully saturated rings. The Kier molecular flexibility index (Phi) is 5.43. The molecule has 0 radical (unpaired) electrons. The molecule has 3 rings (SSSR count). The molecule has 0 unspecified atom stereocenters. The van der Waals surface area contributed by atoms with Crippen molar-refractivity contribution < 1.29 is 14.6 Å². The number of carbonyl (C=O) groups is 1. The molecule has 1 N–H and O–H groups in total. The first-order chi connectivity index (χ1) is 12.4. The Hall–Kier alpha value is -2.19. The zero-order valence-electron chi connectivity index (χ0n) is 14.2. The molecule has 0 amide bonds. The van der Waals surface area contributed by atoms with Crippen LogP contribution in [-0.2, 0) is 16.1 Å². The molecule has 26 heavy (non-hydrogen) atoms. The highest BCUT2D eigenvalue weighted by Gasteiger charge is 2.19. The normalized spacial score (nSPS) is 15.3. The lowest BCUT2D eigenvalue weighted by molar-refractivity contribution is -0.149. The summed E-state index contributed by atoms with van der Waals surface area (Å²) in [6.45, 7) is 3.36. The lowest BCUT2D eigenvalue weighted by Crippen LogP contribution is -2.23. The molecule has 0 bridgehead atoms. The van der Waals surface area contributed by atoms with Gasteiger partial charge < -0.3 is 9.84 Å². The molecule has 1 aromatic carbocycles. The summed E-state index contributed by atoms with van der Waals surface area (Å²) < 4.78 is 7.10. The fraction of sp³-hybridized carbons (Fsp3) is 0.278. The molecule has 0 saturated carbocycles. The van der Waals surface area contributed by atoms with Crippen molar-refractivity contribution in [2.45, 2.75) is 32.9 Å². The van der Waals surface area contributed by atoms with Gasteiger partial charge in [-0.15, -0.1) is 0 Å². The Labute approximate surface area is 162 Å². The standard InChI is InChI=1S/C18H17BrN2O4S/c1-3-10(2)25-16(22)9-21-17(23)15(26-18(21)24)6-11-8-20-14-5-4-12(19)7-13(11)14/h4-8,10,23H,3,9H2,1-2H3/t10-/m0/s1. The van der Waals surface area contributed by atoms with E-state index in [9.17, 15) is 14.7 Å². The third-order valence-electron chi connectivity index (χ3n) is 3.99. The molecule has 0 saturated heterocycles. The van der Waals surface area contributed by atoms with Crippen molar-refractivity contribution in [3.8, 4) is 5.88 Å². The average Bonchev–Trinajstić information content (AvgIpc) is 3.11. The predicted molar refractivity (Wildman–Crippen MR) is 106 cm³/mol. The van der Waals surface area contributed by atoms with Gasteiger partial charge in [-0.3, -0.25) is 19.1 Å². The van der Waals surface area contributed by atoms with E-state index >= 15 is 0 Å². The minimum atomic E-state index is -0.551. The highest BCUT2D eigenvalue weighted by atomic mass is 79.9. The van der Waals surface area contributed by atoms with Crippen molar-refractivity contribution >= 4 is 56.8 Å². The van der Waals surface area contributed by atoms with E-state index < -0.39 is 10.8 Å². The van der Waals surface area contributed by atoms with Crippen LogP contribution in [0, 0.1) is 0 Å². The third-order valence-corrected chi connectivity index (χ3v) is 5.40. The topological polar surface area (TPSA) is 80.9 Å². The van der Waals surface area contributed by atoms with Crippen molar-refractivity contribution in [2.24, 2.45) is 4.99 Å². The summed E-state index contributed by atoms with van der Waals surface area (Å²) >= 11 is 4.30. The number of hydrogen-bond acceptors (Lipinski definition) is 6. The molecule has 2 heterocycles.